The Morgan fingerprint density at radius 1 is 1.17 bits per heavy atom. The molecule has 0 radical (unpaired) electrons. The lowest BCUT2D eigenvalue weighted by Gasteiger charge is -2.10. The minimum absolute atomic E-state index is 0.0842. The molecule has 0 aliphatic carbocycles. The maximum Gasteiger partial charge on any atom is 0.256 e. The number of carbonyl (C=O) groups excluding carboxylic acids is 1. The summed E-state index contributed by atoms with van der Waals surface area (Å²) in [6.07, 6.45) is 4.36. The predicted octanol–water partition coefficient (Wildman–Crippen LogP) is 2.10. The van der Waals surface area contributed by atoms with Crippen molar-refractivity contribution in [2.45, 2.75) is 20.0 Å². The lowest BCUT2D eigenvalue weighted by molar-refractivity contribution is 0.102. The second-order valence-corrected chi connectivity index (χ2v) is 5.25. The number of nitrogens with zero attached hydrogens (tertiary/aromatic N) is 5. The van der Waals surface area contributed by atoms with Gasteiger partial charge in [-0.25, -0.2) is 19.6 Å². The first-order chi connectivity index (χ1) is 11.6. The van der Waals surface area contributed by atoms with Crippen LogP contribution in [0.25, 0.3) is 5.82 Å². The monoisotopic (exact) mass is 324 g/mol. The molecule has 0 atom stereocenters. The smallest absolute Gasteiger partial charge is 0.256 e. The van der Waals surface area contributed by atoms with E-state index in [1.807, 2.05) is 13.8 Å². The first kappa shape index (κ1) is 15.6. The molecule has 3 aromatic rings. The Balaban J connectivity index is 1.72. The zero-order valence-corrected chi connectivity index (χ0v) is 13.2. The summed E-state index contributed by atoms with van der Waals surface area (Å²) in [5, 5.41) is 6.72. The third-order valence-corrected chi connectivity index (χ3v) is 3.04. The third kappa shape index (κ3) is 3.72. The Morgan fingerprint density at radius 3 is 2.62 bits per heavy atom. The van der Waals surface area contributed by atoms with Crippen LogP contribution in [0.5, 0.6) is 5.75 Å². The first-order valence-electron chi connectivity index (χ1n) is 7.37. The normalized spacial score (nSPS) is 10.6. The molecule has 0 fully saturated rings. The van der Waals surface area contributed by atoms with Gasteiger partial charge in [0.15, 0.2) is 5.82 Å². The average Bonchev–Trinajstić information content (AvgIpc) is 3.10. The lowest BCUT2D eigenvalue weighted by Crippen LogP contribution is -2.14. The zero-order chi connectivity index (χ0) is 16.9. The summed E-state index contributed by atoms with van der Waals surface area (Å²) in [4.78, 5) is 24.3. The highest BCUT2D eigenvalue weighted by atomic mass is 16.5. The molecule has 0 spiro atoms. The summed E-state index contributed by atoms with van der Waals surface area (Å²) in [6.45, 7) is 3.89. The van der Waals surface area contributed by atoms with E-state index >= 15 is 0 Å². The molecule has 0 unspecified atom stereocenters. The van der Waals surface area contributed by atoms with Crippen LogP contribution in [0.2, 0.25) is 0 Å². The van der Waals surface area contributed by atoms with Crippen molar-refractivity contribution in [3.8, 4) is 11.6 Å². The molecule has 0 aliphatic heterocycles. The molecule has 3 rings (SSSR count). The van der Waals surface area contributed by atoms with Crippen LogP contribution in [-0.4, -0.2) is 36.7 Å². The average molecular weight is 324 g/mol. The van der Waals surface area contributed by atoms with Crippen molar-refractivity contribution in [2.75, 3.05) is 5.32 Å². The number of rotatable bonds is 5. The van der Waals surface area contributed by atoms with Crippen molar-refractivity contribution in [3.05, 3.63) is 54.9 Å². The van der Waals surface area contributed by atoms with Gasteiger partial charge < -0.3 is 10.1 Å². The minimum Gasteiger partial charge on any atom is -0.491 e. The fourth-order valence-corrected chi connectivity index (χ4v) is 2.01. The van der Waals surface area contributed by atoms with Gasteiger partial charge in [-0.2, -0.15) is 5.10 Å². The molecular formula is C16H16N6O2. The largest absolute Gasteiger partial charge is 0.491 e. The number of benzene rings is 1. The Bertz CT molecular complexity index is 815. The van der Waals surface area contributed by atoms with Gasteiger partial charge in [0, 0.05) is 11.6 Å². The third-order valence-electron chi connectivity index (χ3n) is 3.04. The highest BCUT2D eigenvalue weighted by Gasteiger charge is 2.09. The minimum atomic E-state index is -0.269. The molecule has 0 bridgehead atoms. The molecule has 2 aromatic heterocycles. The highest BCUT2D eigenvalue weighted by molar-refractivity contribution is 6.03. The van der Waals surface area contributed by atoms with Gasteiger partial charge in [0.05, 0.1) is 6.10 Å². The van der Waals surface area contributed by atoms with Gasteiger partial charge >= 0.3 is 0 Å². The Morgan fingerprint density at radius 2 is 1.96 bits per heavy atom. The van der Waals surface area contributed by atoms with Crippen molar-refractivity contribution < 1.29 is 9.53 Å². The Labute approximate surface area is 138 Å². The van der Waals surface area contributed by atoms with Crippen LogP contribution in [0.3, 0.4) is 0 Å². The first-order valence-corrected chi connectivity index (χ1v) is 7.37. The molecule has 122 valence electrons. The molecular weight excluding hydrogens is 308 g/mol. The van der Waals surface area contributed by atoms with Crippen molar-refractivity contribution in [1.82, 2.24) is 24.7 Å². The van der Waals surface area contributed by atoms with Crippen molar-refractivity contribution in [1.29, 1.82) is 0 Å². The molecule has 24 heavy (non-hydrogen) atoms. The number of ether oxygens (including phenoxy) is 1. The van der Waals surface area contributed by atoms with Crippen molar-refractivity contribution >= 4 is 11.7 Å². The van der Waals surface area contributed by atoms with Crippen molar-refractivity contribution in [2.24, 2.45) is 0 Å². The SMILES string of the molecule is CC(C)Oc1ccc(C(=O)Nc2cc(-n3cncn3)ncn2)cc1. The van der Waals surface area contributed by atoms with Crippen LogP contribution in [0, 0.1) is 0 Å². The number of anilines is 1. The van der Waals surface area contributed by atoms with E-state index in [9.17, 15) is 4.79 Å². The van der Waals surface area contributed by atoms with Gasteiger partial charge in [-0.05, 0) is 38.1 Å². The van der Waals surface area contributed by atoms with Crippen LogP contribution >= 0.6 is 0 Å². The second kappa shape index (κ2) is 6.86. The summed E-state index contributed by atoms with van der Waals surface area (Å²) in [5.74, 6) is 1.34. The van der Waals surface area contributed by atoms with E-state index in [-0.39, 0.29) is 12.0 Å². The molecule has 0 saturated heterocycles. The van der Waals surface area contributed by atoms with Crippen LogP contribution in [0.15, 0.2) is 49.3 Å². The number of aromatic nitrogens is 5. The topological polar surface area (TPSA) is 94.8 Å². The van der Waals surface area contributed by atoms with E-state index in [0.29, 0.717) is 17.2 Å². The maximum atomic E-state index is 12.3. The van der Waals surface area contributed by atoms with Gasteiger partial charge in [-0.1, -0.05) is 0 Å². The van der Waals surface area contributed by atoms with Gasteiger partial charge in [0.1, 0.15) is 30.5 Å². The quantitative estimate of drug-likeness (QED) is 0.772. The number of amides is 1. The number of hydrogen-bond donors (Lipinski definition) is 1. The van der Waals surface area contributed by atoms with Gasteiger partial charge in [-0.3, -0.25) is 4.79 Å². The molecule has 8 heteroatoms. The number of carbonyl (C=O) groups is 1. The molecule has 1 amide bonds. The molecule has 8 nitrogen and oxygen atoms in total. The molecule has 1 aromatic carbocycles. The molecule has 0 aliphatic rings. The van der Waals surface area contributed by atoms with Crippen molar-refractivity contribution in [3.63, 3.8) is 0 Å². The lowest BCUT2D eigenvalue weighted by atomic mass is 10.2. The fourth-order valence-electron chi connectivity index (χ4n) is 2.01. The predicted molar refractivity (Wildman–Crippen MR) is 87.1 cm³/mol. The van der Waals surface area contributed by atoms with E-state index < -0.39 is 0 Å². The molecule has 0 saturated carbocycles. The summed E-state index contributed by atoms with van der Waals surface area (Å²) in [5.41, 5.74) is 0.507. The van der Waals surface area contributed by atoms with Gasteiger partial charge in [-0.15, -0.1) is 0 Å². The second-order valence-electron chi connectivity index (χ2n) is 5.25. The zero-order valence-electron chi connectivity index (χ0n) is 13.2. The van der Waals surface area contributed by atoms with Crippen LogP contribution in [0.1, 0.15) is 24.2 Å². The summed E-state index contributed by atoms with van der Waals surface area (Å²) in [7, 11) is 0. The number of nitrogens with one attached hydrogen (secondary N) is 1. The number of hydrogen-bond acceptors (Lipinski definition) is 6. The van der Waals surface area contributed by atoms with E-state index in [4.69, 9.17) is 4.74 Å². The van der Waals surface area contributed by atoms with E-state index in [0.717, 1.165) is 5.75 Å². The van der Waals surface area contributed by atoms with Gasteiger partial charge in [0.25, 0.3) is 5.91 Å². The fraction of sp³-hybridized carbons (Fsp3) is 0.188. The molecule has 1 N–H and O–H groups in total. The Kier molecular flexibility index (Phi) is 4.46. The summed E-state index contributed by atoms with van der Waals surface area (Å²) in [6, 6.07) is 8.54. The van der Waals surface area contributed by atoms with Crippen LogP contribution < -0.4 is 10.1 Å². The Hall–Kier alpha value is -3.29. The van der Waals surface area contributed by atoms with E-state index in [1.165, 1.54) is 23.7 Å². The summed E-state index contributed by atoms with van der Waals surface area (Å²) < 4.78 is 7.04. The van der Waals surface area contributed by atoms with E-state index in [1.54, 1.807) is 30.3 Å². The maximum absolute atomic E-state index is 12.3. The van der Waals surface area contributed by atoms with Crippen LogP contribution in [-0.2, 0) is 0 Å². The standard InChI is InChI=1S/C16H16N6O2/c1-11(2)24-13-5-3-12(4-6-13)16(23)21-14-7-15(19-9-18-14)22-10-17-8-20-22/h3-11H,1-2H3,(H,18,19,21,23). The molecule has 2 heterocycles. The van der Waals surface area contributed by atoms with Gasteiger partial charge in [0.2, 0.25) is 0 Å². The summed E-state index contributed by atoms with van der Waals surface area (Å²) >= 11 is 0. The highest BCUT2D eigenvalue weighted by Crippen LogP contribution is 2.15. The van der Waals surface area contributed by atoms with Crippen LogP contribution in [0.4, 0.5) is 5.82 Å². The van der Waals surface area contributed by atoms with E-state index in [2.05, 4.69) is 25.4 Å².